The number of carbonyl (C=O) groups is 2. The van der Waals surface area contributed by atoms with Crippen LogP contribution in [0, 0.1) is 5.92 Å². The molecule has 7 heteroatoms. The van der Waals surface area contributed by atoms with Crippen molar-refractivity contribution in [3.05, 3.63) is 60.2 Å². The number of nitrogens with zero attached hydrogens (tertiary/aromatic N) is 1. The average Bonchev–Trinajstić information content (AvgIpc) is 2.79. The summed E-state index contributed by atoms with van der Waals surface area (Å²) >= 11 is 0. The number of hydrogen-bond acceptors (Lipinski definition) is 6. The molecule has 7 nitrogen and oxygen atoms in total. The van der Waals surface area contributed by atoms with Crippen LogP contribution in [0.15, 0.2) is 54.6 Å². The van der Waals surface area contributed by atoms with Gasteiger partial charge in [-0.15, -0.1) is 0 Å². The van der Waals surface area contributed by atoms with Crippen LogP contribution in [0.25, 0.3) is 0 Å². The maximum atomic E-state index is 12.6. The Morgan fingerprint density at radius 2 is 1.60 bits per heavy atom. The van der Waals surface area contributed by atoms with Gasteiger partial charge in [-0.25, -0.2) is 10.9 Å². The zero-order valence-corrected chi connectivity index (χ0v) is 16.9. The third-order valence-corrected chi connectivity index (χ3v) is 5.53. The van der Waals surface area contributed by atoms with Crippen molar-refractivity contribution in [1.82, 2.24) is 5.01 Å². The maximum Gasteiger partial charge on any atom is 0.274 e. The number of benzene rings is 2. The molecule has 2 atom stereocenters. The third-order valence-electron chi connectivity index (χ3n) is 5.53. The van der Waals surface area contributed by atoms with E-state index in [0.717, 1.165) is 25.7 Å². The molecule has 0 saturated heterocycles. The molecule has 2 amide bonds. The van der Waals surface area contributed by atoms with Crippen molar-refractivity contribution in [3.8, 4) is 11.5 Å². The number of nitrogens with two attached hydrogens (primary N) is 2. The van der Waals surface area contributed by atoms with Crippen molar-refractivity contribution in [2.45, 2.75) is 50.7 Å². The van der Waals surface area contributed by atoms with Gasteiger partial charge in [0.2, 0.25) is 0 Å². The van der Waals surface area contributed by atoms with Crippen LogP contribution in [0.1, 0.15) is 48.9 Å². The van der Waals surface area contributed by atoms with Gasteiger partial charge in [0.1, 0.15) is 17.6 Å². The first-order chi connectivity index (χ1) is 14.5. The van der Waals surface area contributed by atoms with Crippen LogP contribution in [-0.2, 0) is 4.79 Å². The molecule has 1 aliphatic rings. The summed E-state index contributed by atoms with van der Waals surface area (Å²) < 4.78 is 5.68. The van der Waals surface area contributed by atoms with Crippen LogP contribution in [-0.4, -0.2) is 34.1 Å². The fourth-order valence-corrected chi connectivity index (χ4v) is 3.79. The number of rotatable bonds is 7. The number of aliphatic hydroxyl groups is 1. The molecule has 1 fully saturated rings. The quantitative estimate of drug-likeness (QED) is 0.366. The van der Waals surface area contributed by atoms with E-state index in [-0.39, 0.29) is 5.56 Å². The number of imide groups is 1. The van der Waals surface area contributed by atoms with Crippen LogP contribution < -0.4 is 16.3 Å². The fraction of sp³-hybridized carbons (Fsp3) is 0.391. The highest BCUT2D eigenvalue weighted by Gasteiger charge is 2.32. The highest BCUT2D eigenvalue weighted by Crippen LogP contribution is 2.27. The Morgan fingerprint density at radius 3 is 2.23 bits per heavy atom. The number of hydrazine groups is 1. The van der Waals surface area contributed by atoms with Crippen molar-refractivity contribution in [3.63, 3.8) is 0 Å². The summed E-state index contributed by atoms with van der Waals surface area (Å²) in [6.45, 7) is 0. The van der Waals surface area contributed by atoms with Crippen LogP contribution in [0.3, 0.4) is 0 Å². The second-order valence-corrected chi connectivity index (χ2v) is 7.80. The Labute approximate surface area is 176 Å². The summed E-state index contributed by atoms with van der Waals surface area (Å²) in [7, 11) is 0. The normalized spacial score (nSPS) is 16.5. The van der Waals surface area contributed by atoms with Gasteiger partial charge in [0.25, 0.3) is 11.8 Å². The first-order valence-corrected chi connectivity index (χ1v) is 10.4. The molecule has 1 unspecified atom stereocenters. The minimum atomic E-state index is -1.51. The highest BCUT2D eigenvalue weighted by molar-refractivity contribution is 6.05. The second-order valence-electron chi connectivity index (χ2n) is 7.80. The molecule has 0 heterocycles. The number of amides is 2. The summed E-state index contributed by atoms with van der Waals surface area (Å²) in [5.41, 5.74) is 6.25. The largest absolute Gasteiger partial charge is 0.457 e. The van der Waals surface area contributed by atoms with E-state index in [1.165, 1.54) is 18.6 Å². The number of hydrogen-bond donors (Lipinski definition) is 3. The summed E-state index contributed by atoms with van der Waals surface area (Å²) in [5, 5.41) is 10.8. The lowest BCUT2D eigenvalue weighted by atomic mass is 9.84. The summed E-state index contributed by atoms with van der Waals surface area (Å²) in [6.07, 6.45) is 4.64. The molecule has 0 aliphatic heterocycles. The van der Waals surface area contributed by atoms with Gasteiger partial charge in [-0.3, -0.25) is 9.59 Å². The molecule has 1 saturated carbocycles. The van der Waals surface area contributed by atoms with Crippen LogP contribution in [0.5, 0.6) is 11.5 Å². The topological polar surface area (TPSA) is 119 Å². The van der Waals surface area contributed by atoms with E-state index in [1.807, 2.05) is 30.3 Å². The maximum absolute atomic E-state index is 12.6. The van der Waals surface area contributed by atoms with E-state index in [9.17, 15) is 14.7 Å². The van der Waals surface area contributed by atoms with Gasteiger partial charge in [-0.2, -0.15) is 0 Å². The van der Waals surface area contributed by atoms with Gasteiger partial charge < -0.3 is 15.6 Å². The number of para-hydroxylation sites is 1. The summed E-state index contributed by atoms with van der Waals surface area (Å²) in [5.74, 6) is 5.72. The van der Waals surface area contributed by atoms with Gasteiger partial charge >= 0.3 is 0 Å². The Bertz CT molecular complexity index is 835. The Kier molecular flexibility index (Phi) is 7.57. The van der Waals surface area contributed by atoms with Gasteiger partial charge in [-0.05, 0) is 48.7 Å². The monoisotopic (exact) mass is 411 g/mol. The first kappa shape index (κ1) is 22.0. The van der Waals surface area contributed by atoms with Crippen LogP contribution in [0.2, 0.25) is 0 Å². The van der Waals surface area contributed by atoms with Crippen molar-refractivity contribution in [2.24, 2.45) is 17.5 Å². The van der Waals surface area contributed by atoms with E-state index in [1.54, 1.807) is 12.1 Å². The lowest BCUT2D eigenvalue weighted by Crippen LogP contribution is -2.53. The highest BCUT2D eigenvalue weighted by atomic mass is 16.5. The van der Waals surface area contributed by atoms with Gasteiger partial charge in [-0.1, -0.05) is 50.3 Å². The Morgan fingerprint density at radius 1 is 1.00 bits per heavy atom. The molecule has 5 N–H and O–H groups in total. The smallest absolute Gasteiger partial charge is 0.274 e. The van der Waals surface area contributed by atoms with Gasteiger partial charge in [0, 0.05) is 11.6 Å². The lowest BCUT2D eigenvalue weighted by Gasteiger charge is -2.28. The molecule has 0 spiro atoms. The third kappa shape index (κ3) is 5.66. The SMILES string of the molecule is N[C@H](CC1CCCCC1)C(O)C(=O)N(N)C(=O)c1ccc(Oc2ccccc2)cc1. The Balaban J connectivity index is 1.57. The van der Waals surface area contributed by atoms with Gasteiger partial charge in [0.05, 0.1) is 0 Å². The molecular formula is C23H29N3O4. The predicted molar refractivity (Wildman–Crippen MR) is 113 cm³/mol. The van der Waals surface area contributed by atoms with Crippen molar-refractivity contribution in [1.29, 1.82) is 0 Å². The molecule has 3 rings (SSSR count). The van der Waals surface area contributed by atoms with E-state index in [4.69, 9.17) is 16.3 Å². The number of ether oxygens (including phenoxy) is 1. The standard InChI is InChI=1S/C23H29N3O4/c24-20(15-16-7-3-1-4-8-16)21(27)23(29)26(25)22(28)17-11-13-19(14-12-17)30-18-9-5-2-6-10-18/h2,5-6,9-14,16,20-21,27H,1,3-4,7-8,15,24-25H2/t20-,21?/m1/s1. The van der Waals surface area contributed by atoms with Crippen molar-refractivity contribution in [2.75, 3.05) is 0 Å². The number of carbonyl (C=O) groups excluding carboxylic acids is 2. The average molecular weight is 412 g/mol. The molecule has 2 aromatic carbocycles. The number of aliphatic hydroxyl groups excluding tert-OH is 1. The van der Waals surface area contributed by atoms with Crippen molar-refractivity contribution < 1.29 is 19.4 Å². The molecule has 1 aliphatic carbocycles. The van der Waals surface area contributed by atoms with E-state index < -0.39 is 24.0 Å². The molecule has 2 aromatic rings. The molecule has 0 radical (unpaired) electrons. The fourth-order valence-electron chi connectivity index (χ4n) is 3.79. The molecular weight excluding hydrogens is 382 g/mol. The molecule has 30 heavy (non-hydrogen) atoms. The first-order valence-electron chi connectivity index (χ1n) is 10.4. The van der Waals surface area contributed by atoms with Crippen molar-refractivity contribution >= 4 is 11.8 Å². The zero-order valence-electron chi connectivity index (χ0n) is 16.9. The molecule has 160 valence electrons. The predicted octanol–water partition coefficient (Wildman–Crippen LogP) is 2.98. The Hall–Kier alpha value is -2.74. The van der Waals surface area contributed by atoms with Crippen LogP contribution in [0.4, 0.5) is 0 Å². The second kappa shape index (κ2) is 10.3. The lowest BCUT2D eigenvalue weighted by molar-refractivity contribution is -0.138. The van der Waals surface area contributed by atoms with E-state index >= 15 is 0 Å². The van der Waals surface area contributed by atoms with E-state index in [0.29, 0.717) is 28.8 Å². The van der Waals surface area contributed by atoms with Gasteiger partial charge in [0.15, 0.2) is 0 Å². The summed E-state index contributed by atoms with van der Waals surface area (Å²) in [4.78, 5) is 25.0. The van der Waals surface area contributed by atoms with Crippen LogP contribution >= 0.6 is 0 Å². The summed E-state index contributed by atoms with van der Waals surface area (Å²) in [6, 6.07) is 14.7. The molecule has 0 bridgehead atoms. The minimum Gasteiger partial charge on any atom is -0.457 e. The molecule has 0 aromatic heterocycles. The zero-order chi connectivity index (χ0) is 21.5. The minimum absolute atomic E-state index is 0.208. The van der Waals surface area contributed by atoms with E-state index in [2.05, 4.69) is 0 Å².